The van der Waals surface area contributed by atoms with Gasteiger partial charge in [-0.3, -0.25) is 19.4 Å². The topological polar surface area (TPSA) is 89.4 Å². The van der Waals surface area contributed by atoms with Gasteiger partial charge in [-0.1, -0.05) is 12.8 Å². The molecule has 2 unspecified atom stereocenters. The van der Waals surface area contributed by atoms with Crippen LogP contribution in [0.1, 0.15) is 80.1 Å². The number of piperidine rings is 2. The summed E-state index contributed by atoms with van der Waals surface area (Å²) in [5.74, 6) is -0.357. The van der Waals surface area contributed by atoms with Crippen molar-refractivity contribution in [3.05, 3.63) is 0 Å². The molecule has 0 spiro atoms. The van der Waals surface area contributed by atoms with Crippen molar-refractivity contribution in [3.63, 3.8) is 0 Å². The Hall–Kier alpha value is -1.54. The van der Waals surface area contributed by atoms with Crippen LogP contribution in [-0.2, 0) is 9.59 Å². The maximum atomic E-state index is 12.8. The van der Waals surface area contributed by atoms with Crippen molar-refractivity contribution in [1.82, 2.24) is 20.4 Å². The zero-order valence-electron chi connectivity index (χ0n) is 19.8. The molecule has 0 aliphatic carbocycles. The molecule has 2 saturated heterocycles. The quantitative estimate of drug-likeness (QED) is 0.589. The molecule has 0 aromatic rings. The number of hydrogen-bond donors (Lipinski definition) is 2. The molecular weight excluding hydrogens is 380 g/mol. The van der Waals surface area contributed by atoms with Crippen LogP contribution in [0.5, 0.6) is 0 Å². The minimum Gasteiger partial charge on any atom is -0.339 e. The van der Waals surface area contributed by atoms with E-state index in [4.69, 9.17) is 0 Å². The van der Waals surface area contributed by atoms with Crippen molar-refractivity contribution in [2.75, 3.05) is 26.2 Å². The molecule has 2 rings (SSSR count). The molecule has 8 heteroatoms. The van der Waals surface area contributed by atoms with Gasteiger partial charge in [0.15, 0.2) is 11.1 Å². The highest BCUT2D eigenvalue weighted by atomic mass is 16.2. The fraction of sp³-hybridized carbons (Fsp3) is 0.909. The Morgan fingerprint density at radius 1 is 0.667 bits per heavy atom. The summed E-state index contributed by atoms with van der Waals surface area (Å²) in [5, 5.41) is 14.7. The average Bonchev–Trinajstić information content (AvgIpc) is 2.73. The molecule has 2 heterocycles. The summed E-state index contributed by atoms with van der Waals surface area (Å²) in [6.07, 6.45) is 7.12. The molecule has 0 aromatic heterocycles. The SMILES string of the molecule is CC(NC(=O)C(C)(C)N=NC(C)(C)C(=O)NC(C)N1CCCCC1)N1CCCCC1. The zero-order chi connectivity index (χ0) is 22.4. The van der Waals surface area contributed by atoms with E-state index in [1.54, 1.807) is 27.7 Å². The number of azo groups is 1. The van der Waals surface area contributed by atoms with Crippen LogP contribution < -0.4 is 10.6 Å². The van der Waals surface area contributed by atoms with Crippen LogP contribution in [-0.4, -0.2) is 71.2 Å². The minimum absolute atomic E-state index is 0.0334. The first-order valence-electron chi connectivity index (χ1n) is 11.6. The first-order chi connectivity index (χ1) is 14.0. The van der Waals surface area contributed by atoms with Crippen LogP contribution in [0.3, 0.4) is 0 Å². The first kappa shape index (κ1) is 24.7. The Morgan fingerprint density at radius 3 is 1.27 bits per heavy atom. The largest absolute Gasteiger partial charge is 0.339 e. The second kappa shape index (κ2) is 10.7. The Labute approximate surface area is 182 Å². The van der Waals surface area contributed by atoms with Gasteiger partial charge in [0.25, 0.3) is 0 Å². The van der Waals surface area contributed by atoms with Gasteiger partial charge in [-0.2, -0.15) is 10.2 Å². The van der Waals surface area contributed by atoms with Crippen molar-refractivity contribution in [3.8, 4) is 0 Å². The summed E-state index contributed by atoms with van der Waals surface area (Å²) in [4.78, 5) is 30.2. The van der Waals surface area contributed by atoms with E-state index in [1.807, 2.05) is 13.8 Å². The Bertz CT molecular complexity index is 555. The van der Waals surface area contributed by atoms with Gasteiger partial charge >= 0.3 is 0 Å². The van der Waals surface area contributed by atoms with E-state index in [0.29, 0.717) is 0 Å². The van der Waals surface area contributed by atoms with E-state index in [0.717, 1.165) is 26.2 Å². The second-order valence-electron chi connectivity index (χ2n) is 9.81. The van der Waals surface area contributed by atoms with Crippen LogP contribution in [0.25, 0.3) is 0 Å². The van der Waals surface area contributed by atoms with E-state index in [1.165, 1.54) is 38.5 Å². The number of rotatable bonds is 8. The van der Waals surface area contributed by atoms with Gasteiger partial charge in [-0.15, -0.1) is 0 Å². The minimum atomic E-state index is -1.04. The molecule has 0 saturated carbocycles. The molecule has 2 aliphatic heterocycles. The van der Waals surface area contributed by atoms with Gasteiger partial charge < -0.3 is 10.6 Å². The number of amides is 2. The van der Waals surface area contributed by atoms with Gasteiger partial charge in [0.2, 0.25) is 11.8 Å². The van der Waals surface area contributed by atoms with Gasteiger partial charge in [0.05, 0.1) is 12.3 Å². The van der Waals surface area contributed by atoms with Gasteiger partial charge in [-0.05, 0) is 67.2 Å². The lowest BCUT2D eigenvalue weighted by molar-refractivity contribution is -0.129. The van der Waals surface area contributed by atoms with E-state index < -0.39 is 11.1 Å². The molecule has 8 nitrogen and oxygen atoms in total. The fourth-order valence-electron chi connectivity index (χ4n) is 3.87. The predicted molar refractivity (Wildman–Crippen MR) is 119 cm³/mol. The Balaban J connectivity index is 1.91. The maximum Gasteiger partial charge on any atom is 0.250 e. The molecule has 2 N–H and O–H groups in total. The molecule has 2 atom stereocenters. The van der Waals surface area contributed by atoms with E-state index in [-0.39, 0.29) is 24.1 Å². The highest BCUT2D eigenvalue weighted by molar-refractivity contribution is 5.87. The molecule has 30 heavy (non-hydrogen) atoms. The third-order valence-corrected chi connectivity index (χ3v) is 6.22. The van der Waals surface area contributed by atoms with Crippen LogP contribution in [0, 0.1) is 0 Å². The monoisotopic (exact) mass is 422 g/mol. The van der Waals surface area contributed by atoms with E-state index >= 15 is 0 Å². The number of carbonyl (C=O) groups excluding carboxylic acids is 2. The standard InChI is InChI=1S/C22H42N6O2/c1-17(27-13-9-7-10-14-27)23-19(29)21(3,4)25-26-22(5,6)20(30)24-18(2)28-15-11-8-12-16-28/h17-18H,7-16H2,1-6H3,(H,23,29)(H,24,30). The smallest absolute Gasteiger partial charge is 0.250 e. The fourth-order valence-corrected chi connectivity index (χ4v) is 3.87. The zero-order valence-corrected chi connectivity index (χ0v) is 19.8. The summed E-state index contributed by atoms with van der Waals surface area (Å²) >= 11 is 0. The lowest BCUT2D eigenvalue weighted by Gasteiger charge is -2.34. The van der Waals surface area contributed by atoms with E-state index in [2.05, 4.69) is 30.7 Å². The summed E-state index contributed by atoms with van der Waals surface area (Å²) in [5.41, 5.74) is -2.08. The Kier molecular flexibility index (Phi) is 8.79. The van der Waals surface area contributed by atoms with Crippen molar-refractivity contribution < 1.29 is 9.59 Å². The third kappa shape index (κ3) is 7.01. The summed E-state index contributed by atoms with van der Waals surface area (Å²) in [6, 6.07) is 0. The maximum absolute atomic E-state index is 12.8. The molecular formula is C22H42N6O2. The number of nitrogens with one attached hydrogen (secondary N) is 2. The van der Waals surface area contributed by atoms with Crippen molar-refractivity contribution >= 4 is 11.8 Å². The molecule has 172 valence electrons. The molecule has 2 fully saturated rings. The summed E-state index contributed by atoms with van der Waals surface area (Å²) in [7, 11) is 0. The number of hydrogen-bond acceptors (Lipinski definition) is 6. The van der Waals surface area contributed by atoms with Gasteiger partial charge in [0, 0.05) is 26.2 Å². The summed E-state index contributed by atoms with van der Waals surface area (Å²) in [6.45, 7) is 15.0. The highest BCUT2D eigenvalue weighted by Gasteiger charge is 2.34. The molecule has 2 amide bonds. The van der Waals surface area contributed by atoms with E-state index in [9.17, 15) is 9.59 Å². The lowest BCUT2D eigenvalue weighted by atomic mass is 10.0. The van der Waals surface area contributed by atoms with Gasteiger partial charge in [0.1, 0.15) is 0 Å². The highest BCUT2D eigenvalue weighted by Crippen LogP contribution is 2.19. The predicted octanol–water partition coefficient (Wildman–Crippen LogP) is 2.89. The lowest BCUT2D eigenvalue weighted by Crippen LogP contribution is -2.54. The number of carbonyl (C=O) groups is 2. The van der Waals surface area contributed by atoms with Crippen LogP contribution >= 0.6 is 0 Å². The first-order valence-corrected chi connectivity index (χ1v) is 11.6. The molecule has 0 radical (unpaired) electrons. The van der Waals surface area contributed by atoms with Crippen LogP contribution in [0.4, 0.5) is 0 Å². The molecule has 2 aliphatic rings. The molecule has 0 bridgehead atoms. The Morgan fingerprint density at radius 2 is 0.967 bits per heavy atom. The van der Waals surface area contributed by atoms with Gasteiger partial charge in [-0.25, -0.2) is 0 Å². The van der Waals surface area contributed by atoms with Crippen LogP contribution in [0.15, 0.2) is 10.2 Å². The average molecular weight is 423 g/mol. The second-order valence-corrected chi connectivity index (χ2v) is 9.81. The van der Waals surface area contributed by atoms with Crippen LogP contribution in [0.2, 0.25) is 0 Å². The third-order valence-electron chi connectivity index (χ3n) is 6.22. The number of likely N-dealkylation sites (tertiary alicyclic amines) is 2. The molecule has 0 aromatic carbocycles. The normalized spacial score (nSPS) is 21.9. The van der Waals surface area contributed by atoms with Crippen molar-refractivity contribution in [1.29, 1.82) is 0 Å². The summed E-state index contributed by atoms with van der Waals surface area (Å²) < 4.78 is 0. The van der Waals surface area contributed by atoms with Crippen molar-refractivity contribution in [2.45, 2.75) is 103 Å². The number of nitrogens with zero attached hydrogens (tertiary/aromatic N) is 4. The van der Waals surface area contributed by atoms with Crippen molar-refractivity contribution in [2.24, 2.45) is 10.2 Å².